The van der Waals surface area contributed by atoms with Crippen LogP contribution in [0, 0.1) is 11.2 Å². The van der Waals surface area contributed by atoms with Gasteiger partial charge in [0, 0.05) is 28.4 Å². The zero-order valence-corrected chi connectivity index (χ0v) is 16.0. The average molecular weight is 362 g/mol. The van der Waals surface area contributed by atoms with Gasteiger partial charge in [-0.05, 0) is 36.5 Å². The maximum absolute atomic E-state index is 9.50. The number of ether oxygens (including phenoxy) is 1. The zero-order valence-electron chi connectivity index (χ0n) is 15.1. The van der Waals surface area contributed by atoms with Gasteiger partial charge in [0.1, 0.15) is 5.75 Å². The summed E-state index contributed by atoms with van der Waals surface area (Å²) < 4.78 is 5.47. The second-order valence-electron chi connectivity index (χ2n) is 7.12. The van der Waals surface area contributed by atoms with Crippen molar-refractivity contribution in [2.24, 2.45) is 0 Å². The van der Waals surface area contributed by atoms with Gasteiger partial charge in [-0.15, -0.1) is 0 Å². The highest BCUT2D eigenvalue weighted by molar-refractivity contribution is 7.99. The Morgan fingerprint density at radius 2 is 2.04 bits per heavy atom. The molecule has 2 aromatic rings. The summed E-state index contributed by atoms with van der Waals surface area (Å²) in [7, 11) is 1.72. The van der Waals surface area contributed by atoms with Crippen LogP contribution in [-0.2, 0) is 0 Å². The van der Waals surface area contributed by atoms with Crippen molar-refractivity contribution in [3.8, 4) is 11.7 Å². The quantitative estimate of drug-likeness (QED) is 0.644. The van der Waals surface area contributed by atoms with Crippen molar-refractivity contribution in [3.63, 3.8) is 0 Å². The maximum atomic E-state index is 9.50. The SMILES string of the molecule is COc1ccc2c(c1)N(CCC1CCCCB1C#N)c1ccccc1S2. The number of nitriles is 1. The van der Waals surface area contributed by atoms with Gasteiger partial charge in [0.05, 0.1) is 18.5 Å². The normalized spacial score (nSPS) is 18.7. The first-order chi connectivity index (χ1) is 12.8. The Labute approximate surface area is 160 Å². The number of rotatable bonds is 4. The van der Waals surface area contributed by atoms with Crippen LogP contribution >= 0.6 is 11.8 Å². The molecule has 4 rings (SSSR count). The molecule has 2 aliphatic heterocycles. The minimum atomic E-state index is 0.225. The largest absolute Gasteiger partial charge is 0.497 e. The van der Waals surface area contributed by atoms with Crippen LogP contribution in [0.25, 0.3) is 0 Å². The summed E-state index contributed by atoms with van der Waals surface area (Å²) >= 11 is 1.82. The zero-order chi connectivity index (χ0) is 17.9. The molecule has 1 fully saturated rings. The number of hydrogen-bond donors (Lipinski definition) is 0. The molecule has 26 heavy (non-hydrogen) atoms. The summed E-state index contributed by atoms with van der Waals surface area (Å²) in [5.41, 5.74) is 2.49. The van der Waals surface area contributed by atoms with Gasteiger partial charge in [-0.1, -0.05) is 49.5 Å². The van der Waals surface area contributed by atoms with Crippen LogP contribution in [0.5, 0.6) is 5.75 Å². The predicted molar refractivity (Wildman–Crippen MR) is 109 cm³/mol. The predicted octanol–water partition coefficient (Wildman–Crippen LogP) is 5.80. The number of anilines is 2. The van der Waals surface area contributed by atoms with Crippen molar-refractivity contribution >= 4 is 29.8 Å². The highest BCUT2D eigenvalue weighted by Gasteiger charge is 2.31. The smallest absolute Gasteiger partial charge is 0.271 e. The van der Waals surface area contributed by atoms with Gasteiger partial charge in [-0.2, -0.15) is 0 Å². The number of nitrogens with zero attached hydrogens (tertiary/aromatic N) is 2. The molecule has 132 valence electrons. The Bertz CT molecular complexity index is 835. The van der Waals surface area contributed by atoms with Gasteiger partial charge in [-0.25, -0.2) is 5.26 Å². The molecule has 2 aliphatic rings. The van der Waals surface area contributed by atoms with Gasteiger partial charge < -0.3 is 9.64 Å². The minimum Gasteiger partial charge on any atom is -0.497 e. The van der Waals surface area contributed by atoms with E-state index < -0.39 is 0 Å². The highest BCUT2D eigenvalue weighted by Crippen LogP contribution is 2.49. The fourth-order valence-corrected chi connectivity index (χ4v) is 5.27. The second kappa shape index (κ2) is 7.67. The molecule has 0 saturated carbocycles. The summed E-state index contributed by atoms with van der Waals surface area (Å²) in [5.74, 6) is 3.96. The molecular weight excluding hydrogens is 339 g/mol. The van der Waals surface area contributed by atoms with E-state index in [1.54, 1.807) is 7.11 Å². The Balaban J connectivity index is 1.63. The van der Waals surface area contributed by atoms with Crippen LogP contribution in [0.2, 0.25) is 12.1 Å². The fraction of sp³-hybridized carbons (Fsp3) is 0.381. The van der Waals surface area contributed by atoms with Crippen LogP contribution in [-0.4, -0.2) is 20.4 Å². The van der Waals surface area contributed by atoms with Gasteiger partial charge in [-0.3, -0.25) is 0 Å². The first-order valence-electron chi connectivity index (χ1n) is 9.42. The summed E-state index contributed by atoms with van der Waals surface area (Å²) in [6, 6.07) is 14.9. The summed E-state index contributed by atoms with van der Waals surface area (Å²) in [6.07, 6.45) is 5.79. The third kappa shape index (κ3) is 3.31. The summed E-state index contributed by atoms with van der Waals surface area (Å²) in [5, 5.41) is 9.50. The monoisotopic (exact) mass is 362 g/mol. The van der Waals surface area contributed by atoms with Crippen LogP contribution in [0.4, 0.5) is 11.4 Å². The van der Waals surface area contributed by atoms with Crippen LogP contribution in [0.3, 0.4) is 0 Å². The lowest BCUT2D eigenvalue weighted by molar-refractivity contribution is 0.414. The molecule has 1 saturated heterocycles. The molecule has 0 aliphatic carbocycles. The molecule has 2 heterocycles. The molecule has 0 amide bonds. The van der Waals surface area contributed by atoms with E-state index in [-0.39, 0.29) is 6.71 Å². The molecular formula is C21H23BN2OS. The molecule has 1 unspecified atom stereocenters. The molecule has 0 N–H and O–H groups in total. The maximum Gasteiger partial charge on any atom is 0.271 e. The van der Waals surface area contributed by atoms with E-state index in [0.717, 1.165) is 25.0 Å². The van der Waals surface area contributed by atoms with E-state index in [1.807, 2.05) is 17.8 Å². The molecule has 2 aromatic carbocycles. The standard InChI is InChI=1S/C21H23BN2OS/c1-25-17-9-10-21-19(14-17)24(18-7-2-3-8-20(18)26-21)13-11-16-6-4-5-12-22(16)15-23/h2-3,7-10,14,16H,4-6,11-13H2,1H3. The minimum absolute atomic E-state index is 0.225. The number of para-hydroxylation sites is 1. The Morgan fingerprint density at radius 3 is 2.88 bits per heavy atom. The Hall–Kier alpha value is -2.06. The third-order valence-corrected chi connectivity index (χ3v) is 6.76. The Kier molecular flexibility index (Phi) is 5.13. The Morgan fingerprint density at radius 1 is 1.19 bits per heavy atom. The van der Waals surface area contributed by atoms with E-state index in [9.17, 15) is 5.26 Å². The van der Waals surface area contributed by atoms with E-state index in [0.29, 0.717) is 5.82 Å². The van der Waals surface area contributed by atoms with Crippen molar-refractivity contribution in [2.45, 2.75) is 47.6 Å². The molecule has 0 spiro atoms. The van der Waals surface area contributed by atoms with Crippen LogP contribution in [0.1, 0.15) is 25.7 Å². The topological polar surface area (TPSA) is 36.3 Å². The van der Waals surface area contributed by atoms with E-state index in [4.69, 9.17) is 4.74 Å². The summed E-state index contributed by atoms with van der Waals surface area (Å²) in [4.78, 5) is 4.99. The lowest BCUT2D eigenvalue weighted by Crippen LogP contribution is -2.28. The first kappa shape index (κ1) is 17.4. The molecule has 5 heteroatoms. The van der Waals surface area contributed by atoms with Gasteiger partial charge in [0.25, 0.3) is 6.71 Å². The third-order valence-electron chi connectivity index (χ3n) is 5.63. The van der Waals surface area contributed by atoms with Crippen molar-refractivity contribution in [3.05, 3.63) is 42.5 Å². The average Bonchev–Trinajstić information content (AvgIpc) is 2.71. The van der Waals surface area contributed by atoms with Crippen molar-refractivity contribution < 1.29 is 4.74 Å². The van der Waals surface area contributed by atoms with Gasteiger partial charge in [0.15, 0.2) is 0 Å². The highest BCUT2D eigenvalue weighted by atomic mass is 32.2. The van der Waals surface area contributed by atoms with Crippen molar-refractivity contribution in [2.75, 3.05) is 18.6 Å². The fourth-order valence-electron chi connectivity index (χ4n) is 4.20. The van der Waals surface area contributed by atoms with E-state index in [2.05, 4.69) is 47.3 Å². The number of fused-ring (bicyclic) bond motifs is 2. The van der Waals surface area contributed by atoms with E-state index in [1.165, 1.54) is 40.4 Å². The van der Waals surface area contributed by atoms with E-state index >= 15 is 0 Å². The molecule has 0 radical (unpaired) electrons. The van der Waals surface area contributed by atoms with Crippen molar-refractivity contribution in [1.29, 1.82) is 5.26 Å². The van der Waals surface area contributed by atoms with Crippen molar-refractivity contribution in [1.82, 2.24) is 0 Å². The molecule has 0 bridgehead atoms. The number of methoxy groups -OCH3 is 1. The lowest BCUT2D eigenvalue weighted by atomic mass is 9.36. The van der Waals surface area contributed by atoms with Crippen LogP contribution in [0.15, 0.2) is 52.3 Å². The molecule has 1 atom stereocenters. The first-order valence-corrected chi connectivity index (χ1v) is 10.2. The summed E-state index contributed by atoms with van der Waals surface area (Å²) in [6.45, 7) is 1.17. The second-order valence-corrected chi connectivity index (χ2v) is 8.21. The lowest BCUT2D eigenvalue weighted by Gasteiger charge is -2.35. The number of hydrogen-bond acceptors (Lipinski definition) is 4. The van der Waals surface area contributed by atoms with Crippen LogP contribution < -0.4 is 9.64 Å². The molecule has 3 nitrogen and oxygen atoms in total. The van der Waals surface area contributed by atoms with Gasteiger partial charge in [0.2, 0.25) is 0 Å². The van der Waals surface area contributed by atoms with Gasteiger partial charge >= 0.3 is 0 Å². The number of benzene rings is 2. The molecule has 0 aromatic heterocycles.